The fourth-order valence-electron chi connectivity index (χ4n) is 3.13. The molecule has 0 atom stereocenters. The first-order valence-corrected chi connectivity index (χ1v) is 9.96. The number of rotatable bonds is 6. The molecule has 4 heterocycles. The summed E-state index contributed by atoms with van der Waals surface area (Å²) >= 11 is 0. The molecule has 0 spiro atoms. The molecule has 32 heavy (non-hydrogen) atoms. The van der Waals surface area contributed by atoms with Crippen molar-refractivity contribution in [3.05, 3.63) is 96.6 Å². The van der Waals surface area contributed by atoms with Gasteiger partial charge in [-0.3, -0.25) is 20.8 Å². The fourth-order valence-corrected chi connectivity index (χ4v) is 3.13. The number of benzene rings is 1. The molecule has 5 aromatic rings. The first-order chi connectivity index (χ1) is 15.8. The van der Waals surface area contributed by atoms with E-state index in [9.17, 15) is 0 Å². The number of nitrogens with zero attached hydrogens (tertiary/aromatic N) is 6. The van der Waals surface area contributed by atoms with Crippen LogP contribution in [0.2, 0.25) is 0 Å². The van der Waals surface area contributed by atoms with Crippen molar-refractivity contribution in [3.8, 4) is 0 Å². The molecule has 2 N–H and O–H groups in total. The van der Waals surface area contributed by atoms with Crippen LogP contribution < -0.4 is 10.9 Å². The number of anilines is 2. The number of hydrogen-bond acceptors (Lipinski definition) is 8. The van der Waals surface area contributed by atoms with Crippen molar-refractivity contribution in [2.75, 3.05) is 10.9 Å². The number of aromatic nitrogens is 4. The molecule has 154 valence electrons. The quantitative estimate of drug-likeness (QED) is 0.240. The van der Waals surface area contributed by atoms with E-state index in [1.807, 2.05) is 72.8 Å². The molecule has 0 saturated carbocycles. The van der Waals surface area contributed by atoms with Gasteiger partial charge < -0.3 is 0 Å². The monoisotopic (exact) mass is 418 g/mol. The van der Waals surface area contributed by atoms with Crippen LogP contribution in [0.3, 0.4) is 0 Å². The molecule has 0 saturated heterocycles. The molecule has 0 aliphatic heterocycles. The maximum absolute atomic E-state index is 4.72. The van der Waals surface area contributed by atoms with E-state index >= 15 is 0 Å². The fraction of sp³-hybridized carbons (Fsp3) is 0. The summed E-state index contributed by atoms with van der Waals surface area (Å²) < 4.78 is 0. The van der Waals surface area contributed by atoms with Crippen molar-refractivity contribution >= 4 is 45.9 Å². The van der Waals surface area contributed by atoms with Crippen LogP contribution in [0.5, 0.6) is 0 Å². The lowest BCUT2D eigenvalue weighted by Gasteiger charge is -2.07. The van der Waals surface area contributed by atoms with Gasteiger partial charge in [0.25, 0.3) is 0 Å². The van der Waals surface area contributed by atoms with Crippen LogP contribution in [-0.4, -0.2) is 32.4 Å². The summed E-state index contributed by atoms with van der Waals surface area (Å²) in [4.78, 5) is 17.9. The molecule has 0 amide bonds. The van der Waals surface area contributed by atoms with Gasteiger partial charge in [-0.25, -0.2) is 9.97 Å². The van der Waals surface area contributed by atoms with Gasteiger partial charge in [0.15, 0.2) is 0 Å². The molecule has 5 rings (SSSR count). The highest BCUT2D eigenvalue weighted by molar-refractivity contribution is 6.03. The standard InChI is InChI=1S/C24H18N8/c1-3-13-25-19(5-1)15-27-31-21-11-9-17-7-8-18-10-12-22(30-24(18)23(17)29-21)32-28-16-20-6-2-4-14-26-20/h1-16H,(H,29,31)(H,30,32)/b27-15+,28-16+. The first-order valence-electron chi connectivity index (χ1n) is 9.96. The normalized spacial score (nSPS) is 11.5. The minimum atomic E-state index is 0.616. The SMILES string of the molecule is C(=N\Nc1ccc2ccc3ccc(N/N=C/c4ccccn4)nc3c2n1)/c1ccccn1. The van der Waals surface area contributed by atoms with Gasteiger partial charge >= 0.3 is 0 Å². The Kier molecular flexibility index (Phi) is 5.40. The van der Waals surface area contributed by atoms with E-state index in [1.54, 1.807) is 24.8 Å². The van der Waals surface area contributed by atoms with E-state index in [4.69, 9.17) is 9.97 Å². The molecule has 0 aliphatic carbocycles. The second-order valence-corrected chi connectivity index (χ2v) is 6.85. The number of pyridine rings is 4. The Labute approximate surface area is 183 Å². The molecule has 0 aliphatic rings. The van der Waals surface area contributed by atoms with Gasteiger partial charge in [0.05, 0.1) is 34.9 Å². The van der Waals surface area contributed by atoms with Crippen molar-refractivity contribution in [3.63, 3.8) is 0 Å². The lowest BCUT2D eigenvalue weighted by molar-refractivity contribution is 1.23. The number of hydrogen-bond donors (Lipinski definition) is 2. The predicted molar refractivity (Wildman–Crippen MR) is 128 cm³/mol. The highest BCUT2D eigenvalue weighted by Crippen LogP contribution is 2.25. The summed E-state index contributed by atoms with van der Waals surface area (Å²) in [5, 5.41) is 10.4. The summed E-state index contributed by atoms with van der Waals surface area (Å²) in [6.45, 7) is 0. The highest BCUT2D eigenvalue weighted by Gasteiger charge is 2.06. The largest absolute Gasteiger partial charge is 0.261 e. The number of fused-ring (bicyclic) bond motifs is 3. The summed E-state index contributed by atoms with van der Waals surface area (Å²) in [5.74, 6) is 1.23. The van der Waals surface area contributed by atoms with Gasteiger partial charge in [0, 0.05) is 23.2 Å². The zero-order chi connectivity index (χ0) is 21.6. The average molecular weight is 418 g/mol. The van der Waals surface area contributed by atoms with Gasteiger partial charge in [0.1, 0.15) is 11.6 Å². The van der Waals surface area contributed by atoms with Crippen LogP contribution in [0.25, 0.3) is 21.8 Å². The molecule has 0 fully saturated rings. The maximum Gasteiger partial charge on any atom is 0.146 e. The van der Waals surface area contributed by atoms with Gasteiger partial charge in [0.2, 0.25) is 0 Å². The minimum Gasteiger partial charge on any atom is -0.261 e. The van der Waals surface area contributed by atoms with Crippen molar-refractivity contribution in [1.82, 2.24) is 19.9 Å². The van der Waals surface area contributed by atoms with Crippen LogP contribution in [-0.2, 0) is 0 Å². The summed E-state index contributed by atoms with van der Waals surface area (Å²) in [6, 6.07) is 23.1. The van der Waals surface area contributed by atoms with Crippen LogP contribution >= 0.6 is 0 Å². The lowest BCUT2D eigenvalue weighted by atomic mass is 10.1. The second-order valence-electron chi connectivity index (χ2n) is 6.85. The van der Waals surface area contributed by atoms with E-state index in [1.165, 1.54) is 0 Å². The third kappa shape index (κ3) is 4.39. The highest BCUT2D eigenvalue weighted by atomic mass is 15.3. The van der Waals surface area contributed by atoms with E-state index < -0.39 is 0 Å². The third-order valence-electron chi connectivity index (χ3n) is 4.65. The Balaban J connectivity index is 1.41. The maximum atomic E-state index is 4.72. The van der Waals surface area contributed by atoms with E-state index in [0.29, 0.717) is 11.6 Å². The van der Waals surface area contributed by atoms with Crippen molar-refractivity contribution < 1.29 is 0 Å². The van der Waals surface area contributed by atoms with E-state index in [0.717, 1.165) is 33.2 Å². The summed E-state index contributed by atoms with van der Waals surface area (Å²) in [5.41, 5.74) is 8.99. The molecule has 4 aromatic heterocycles. The van der Waals surface area contributed by atoms with Crippen LogP contribution in [0.15, 0.2) is 95.4 Å². The molecular weight excluding hydrogens is 400 g/mol. The average Bonchev–Trinajstić information content (AvgIpc) is 2.85. The van der Waals surface area contributed by atoms with Crippen LogP contribution in [0.4, 0.5) is 11.6 Å². The Morgan fingerprint density at radius 2 is 1.03 bits per heavy atom. The lowest BCUT2D eigenvalue weighted by Crippen LogP contribution is -1.97. The summed E-state index contributed by atoms with van der Waals surface area (Å²) in [7, 11) is 0. The van der Waals surface area contributed by atoms with Gasteiger partial charge in [-0.05, 0) is 48.5 Å². The van der Waals surface area contributed by atoms with Gasteiger partial charge in [-0.2, -0.15) is 10.2 Å². The number of nitrogens with one attached hydrogen (secondary N) is 2. The molecular formula is C24H18N8. The minimum absolute atomic E-state index is 0.616. The van der Waals surface area contributed by atoms with E-state index in [-0.39, 0.29) is 0 Å². The first kappa shape index (κ1) is 19.3. The van der Waals surface area contributed by atoms with Crippen LogP contribution in [0, 0.1) is 0 Å². The topological polar surface area (TPSA) is 100 Å². The van der Waals surface area contributed by atoms with Crippen molar-refractivity contribution in [2.24, 2.45) is 10.2 Å². The Morgan fingerprint density at radius 1 is 0.562 bits per heavy atom. The molecule has 0 radical (unpaired) electrons. The Morgan fingerprint density at radius 3 is 1.47 bits per heavy atom. The van der Waals surface area contributed by atoms with Crippen molar-refractivity contribution in [1.29, 1.82) is 0 Å². The Hall–Kier alpha value is -4.72. The predicted octanol–water partition coefficient (Wildman–Crippen LogP) is 4.47. The van der Waals surface area contributed by atoms with Gasteiger partial charge in [-0.1, -0.05) is 24.3 Å². The molecule has 1 aromatic carbocycles. The smallest absolute Gasteiger partial charge is 0.146 e. The Bertz CT molecular complexity index is 1310. The molecule has 8 nitrogen and oxygen atoms in total. The number of hydrazone groups is 2. The van der Waals surface area contributed by atoms with Crippen molar-refractivity contribution in [2.45, 2.75) is 0 Å². The zero-order valence-corrected chi connectivity index (χ0v) is 16.9. The summed E-state index contributed by atoms with van der Waals surface area (Å²) in [6.07, 6.45) is 6.74. The molecule has 0 bridgehead atoms. The van der Waals surface area contributed by atoms with Gasteiger partial charge in [-0.15, -0.1) is 0 Å². The third-order valence-corrected chi connectivity index (χ3v) is 4.65. The zero-order valence-electron chi connectivity index (χ0n) is 16.9. The second kappa shape index (κ2) is 8.97. The molecule has 0 unspecified atom stereocenters. The van der Waals surface area contributed by atoms with Crippen LogP contribution in [0.1, 0.15) is 11.4 Å². The van der Waals surface area contributed by atoms with E-state index in [2.05, 4.69) is 31.0 Å². The molecule has 8 heteroatoms.